The predicted molar refractivity (Wildman–Crippen MR) is 107 cm³/mol. The fourth-order valence-corrected chi connectivity index (χ4v) is 3.03. The number of carbonyl (C=O) groups excluding carboxylic acids is 2. The highest BCUT2D eigenvalue weighted by Crippen LogP contribution is 2.19. The quantitative estimate of drug-likeness (QED) is 0.649. The van der Waals surface area contributed by atoms with Crippen LogP contribution in [-0.4, -0.2) is 38.9 Å². The second kappa shape index (κ2) is 8.56. The molecule has 0 unspecified atom stereocenters. The van der Waals surface area contributed by atoms with Crippen molar-refractivity contribution in [2.75, 3.05) is 6.54 Å². The second-order valence-corrected chi connectivity index (χ2v) is 6.79. The van der Waals surface area contributed by atoms with E-state index in [2.05, 4.69) is 4.98 Å². The van der Waals surface area contributed by atoms with Gasteiger partial charge < -0.3 is 19.9 Å². The minimum Gasteiger partial charge on any atom is -0.486 e. The molecule has 0 atom stereocenters. The van der Waals surface area contributed by atoms with E-state index < -0.39 is 5.91 Å². The first-order valence-electron chi connectivity index (χ1n) is 9.15. The summed E-state index contributed by atoms with van der Waals surface area (Å²) >= 11 is 0. The number of benzene rings is 2. The van der Waals surface area contributed by atoms with Crippen molar-refractivity contribution in [2.24, 2.45) is 5.73 Å². The van der Waals surface area contributed by atoms with Crippen molar-refractivity contribution in [1.82, 2.24) is 14.5 Å². The number of fused-ring (bicyclic) bond motifs is 1. The van der Waals surface area contributed by atoms with Gasteiger partial charge in [0.25, 0.3) is 0 Å². The largest absolute Gasteiger partial charge is 0.486 e. The third-order valence-corrected chi connectivity index (χ3v) is 4.41. The number of amides is 2. The monoisotopic (exact) mass is 380 g/mol. The van der Waals surface area contributed by atoms with Crippen LogP contribution in [0.1, 0.15) is 19.7 Å². The Hall–Kier alpha value is -3.35. The highest BCUT2D eigenvalue weighted by Gasteiger charge is 2.22. The fourth-order valence-electron chi connectivity index (χ4n) is 3.03. The SMILES string of the molecule is CC(C)N(CC(N)=O)C(=O)Cn1c(COc2ccccc2)nc2ccccc21. The summed E-state index contributed by atoms with van der Waals surface area (Å²) in [7, 11) is 0. The van der Waals surface area contributed by atoms with E-state index in [0.717, 1.165) is 16.8 Å². The van der Waals surface area contributed by atoms with E-state index in [9.17, 15) is 9.59 Å². The number of para-hydroxylation sites is 3. The van der Waals surface area contributed by atoms with Gasteiger partial charge in [-0.3, -0.25) is 9.59 Å². The van der Waals surface area contributed by atoms with Gasteiger partial charge in [0.05, 0.1) is 17.6 Å². The molecule has 0 aliphatic carbocycles. The second-order valence-electron chi connectivity index (χ2n) is 6.79. The highest BCUT2D eigenvalue weighted by molar-refractivity contribution is 5.85. The Morgan fingerprint density at radius 2 is 1.79 bits per heavy atom. The van der Waals surface area contributed by atoms with Crippen molar-refractivity contribution in [2.45, 2.75) is 33.0 Å². The average Bonchev–Trinajstić information content (AvgIpc) is 3.02. The zero-order chi connectivity index (χ0) is 20.1. The van der Waals surface area contributed by atoms with Crippen molar-refractivity contribution in [3.05, 3.63) is 60.4 Å². The van der Waals surface area contributed by atoms with Gasteiger partial charge in [0.15, 0.2) is 0 Å². The summed E-state index contributed by atoms with van der Waals surface area (Å²) in [5.41, 5.74) is 6.93. The van der Waals surface area contributed by atoms with Crippen molar-refractivity contribution < 1.29 is 14.3 Å². The van der Waals surface area contributed by atoms with Crippen molar-refractivity contribution in [1.29, 1.82) is 0 Å². The molecule has 0 spiro atoms. The summed E-state index contributed by atoms with van der Waals surface area (Å²) in [5.74, 6) is 0.634. The molecule has 0 bridgehead atoms. The standard InChI is InChI=1S/C21H24N4O3/c1-15(2)24(12-19(22)26)21(27)13-25-18-11-7-6-10-17(18)23-20(25)14-28-16-8-4-3-5-9-16/h3-11,15H,12-14H2,1-2H3,(H2,22,26). The van der Waals surface area contributed by atoms with E-state index in [1.165, 1.54) is 4.90 Å². The van der Waals surface area contributed by atoms with Crippen LogP contribution in [0, 0.1) is 0 Å². The number of rotatable bonds is 8. The first-order chi connectivity index (χ1) is 13.5. The molecule has 146 valence electrons. The van der Waals surface area contributed by atoms with Gasteiger partial charge >= 0.3 is 0 Å². The lowest BCUT2D eigenvalue weighted by Crippen LogP contribution is -2.44. The number of ether oxygens (including phenoxy) is 1. The molecule has 3 rings (SSSR count). The minimum absolute atomic E-state index is 0.0550. The molecule has 28 heavy (non-hydrogen) atoms. The summed E-state index contributed by atoms with van der Waals surface area (Å²) in [6.07, 6.45) is 0. The Bertz CT molecular complexity index is 966. The molecular formula is C21H24N4O3. The first-order valence-corrected chi connectivity index (χ1v) is 9.15. The molecule has 7 nitrogen and oxygen atoms in total. The van der Waals surface area contributed by atoms with Crippen LogP contribution in [-0.2, 0) is 22.7 Å². The van der Waals surface area contributed by atoms with Gasteiger partial charge in [-0.05, 0) is 38.1 Å². The molecule has 0 radical (unpaired) electrons. The Kier molecular flexibility index (Phi) is 5.93. The van der Waals surface area contributed by atoms with Crippen molar-refractivity contribution in [3.63, 3.8) is 0 Å². The van der Waals surface area contributed by atoms with Crippen LogP contribution in [0.25, 0.3) is 11.0 Å². The van der Waals surface area contributed by atoms with Crippen LogP contribution in [0.5, 0.6) is 5.75 Å². The maximum Gasteiger partial charge on any atom is 0.243 e. The molecule has 2 N–H and O–H groups in total. The van der Waals surface area contributed by atoms with Gasteiger partial charge in [-0.15, -0.1) is 0 Å². The van der Waals surface area contributed by atoms with Gasteiger partial charge in [-0.2, -0.15) is 0 Å². The maximum absolute atomic E-state index is 12.9. The van der Waals surface area contributed by atoms with Gasteiger partial charge in [0, 0.05) is 6.04 Å². The number of aromatic nitrogens is 2. The molecule has 1 aromatic heterocycles. The molecule has 0 aliphatic rings. The Morgan fingerprint density at radius 1 is 1.11 bits per heavy atom. The molecule has 2 aromatic carbocycles. The van der Waals surface area contributed by atoms with Crippen LogP contribution >= 0.6 is 0 Å². The number of nitrogens with zero attached hydrogens (tertiary/aromatic N) is 3. The number of hydrogen-bond acceptors (Lipinski definition) is 4. The van der Waals surface area contributed by atoms with Crippen LogP contribution in [0.4, 0.5) is 0 Å². The van der Waals surface area contributed by atoms with Gasteiger partial charge in [0.1, 0.15) is 24.7 Å². The number of imidazole rings is 1. The van der Waals surface area contributed by atoms with E-state index in [0.29, 0.717) is 5.82 Å². The molecule has 7 heteroatoms. The molecule has 0 aliphatic heterocycles. The normalized spacial score (nSPS) is 11.0. The fraction of sp³-hybridized carbons (Fsp3) is 0.286. The topological polar surface area (TPSA) is 90.5 Å². The van der Waals surface area contributed by atoms with Crippen molar-refractivity contribution in [3.8, 4) is 5.75 Å². The molecule has 0 saturated heterocycles. The molecule has 1 heterocycles. The predicted octanol–water partition coefficient (Wildman–Crippen LogP) is 2.34. The third-order valence-electron chi connectivity index (χ3n) is 4.41. The van der Waals surface area contributed by atoms with E-state index in [-0.39, 0.29) is 31.6 Å². The third kappa shape index (κ3) is 4.49. The minimum atomic E-state index is -0.537. The average molecular weight is 380 g/mol. The van der Waals surface area contributed by atoms with E-state index >= 15 is 0 Å². The van der Waals surface area contributed by atoms with Crippen LogP contribution in [0.15, 0.2) is 54.6 Å². The number of carbonyl (C=O) groups is 2. The van der Waals surface area contributed by atoms with Crippen LogP contribution < -0.4 is 10.5 Å². The summed E-state index contributed by atoms with van der Waals surface area (Å²) in [5, 5.41) is 0. The molecule has 0 saturated carbocycles. The smallest absolute Gasteiger partial charge is 0.243 e. The Balaban J connectivity index is 1.88. The molecule has 0 fully saturated rings. The van der Waals surface area contributed by atoms with Crippen molar-refractivity contribution >= 4 is 22.8 Å². The maximum atomic E-state index is 12.9. The highest BCUT2D eigenvalue weighted by atomic mass is 16.5. The summed E-state index contributed by atoms with van der Waals surface area (Å²) in [6.45, 7) is 3.88. The van der Waals surface area contributed by atoms with E-state index in [1.807, 2.05) is 73.0 Å². The lowest BCUT2D eigenvalue weighted by Gasteiger charge is -2.26. The first kappa shape index (κ1) is 19.4. The molecule has 3 aromatic rings. The number of primary amides is 1. The van der Waals surface area contributed by atoms with Crippen LogP contribution in [0.2, 0.25) is 0 Å². The van der Waals surface area contributed by atoms with Gasteiger partial charge in [-0.25, -0.2) is 4.98 Å². The summed E-state index contributed by atoms with van der Waals surface area (Å²) in [6, 6.07) is 16.9. The van der Waals surface area contributed by atoms with Gasteiger partial charge in [-0.1, -0.05) is 30.3 Å². The number of hydrogen-bond donors (Lipinski definition) is 1. The lowest BCUT2D eigenvalue weighted by molar-refractivity contribution is -0.137. The summed E-state index contributed by atoms with van der Waals surface area (Å²) in [4.78, 5) is 30.3. The van der Waals surface area contributed by atoms with Crippen LogP contribution in [0.3, 0.4) is 0 Å². The Morgan fingerprint density at radius 3 is 2.46 bits per heavy atom. The van der Waals surface area contributed by atoms with Gasteiger partial charge in [0.2, 0.25) is 11.8 Å². The molecule has 2 amide bonds. The van der Waals surface area contributed by atoms with E-state index in [1.54, 1.807) is 0 Å². The zero-order valence-electron chi connectivity index (χ0n) is 16.0. The lowest BCUT2D eigenvalue weighted by atomic mass is 10.3. The zero-order valence-corrected chi connectivity index (χ0v) is 16.0. The summed E-state index contributed by atoms with van der Waals surface area (Å²) < 4.78 is 7.66. The van der Waals surface area contributed by atoms with E-state index in [4.69, 9.17) is 10.5 Å². The molecular weight excluding hydrogens is 356 g/mol. The Labute approximate surface area is 163 Å². The number of nitrogens with two attached hydrogens (primary N) is 1.